The van der Waals surface area contributed by atoms with Crippen molar-refractivity contribution >= 4 is 11.5 Å². The Morgan fingerprint density at radius 1 is 1.29 bits per heavy atom. The average molecular weight is 287 g/mol. The summed E-state index contributed by atoms with van der Waals surface area (Å²) in [4.78, 5) is 16.2. The van der Waals surface area contributed by atoms with Crippen molar-refractivity contribution in [2.24, 2.45) is 0 Å². The zero-order valence-corrected chi connectivity index (χ0v) is 12.0. The van der Waals surface area contributed by atoms with Crippen molar-refractivity contribution < 1.29 is 9.66 Å². The number of benzene rings is 1. The molecule has 0 N–H and O–H groups in total. The standard InChI is InChI=1S/C15H17N3O3/c1-17(15-8-7-13(11-16-15)18(19)20)10-9-12-5-3-4-6-14(12)21-2/h3-8,11H,9-10H2,1-2H3. The summed E-state index contributed by atoms with van der Waals surface area (Å²) in [5, 5.41) is 10.6. The van der Waals surface area contributed by atoms with Gasteiger partial charge in [-0.2, -0.15) is 0 Å². The second-order valence-electron chi connectivity index (χ2n) is 4.62. The summed E-state index contributed by atoms with van der Waals surface area (Å²) in [5.41, 5.74) is 1.12. The molecule has 0 unspecified atom stereocenters. The lowest BCUT2D eigenvalue weighted by Crippen LogP contribution is -2.21. The highest BCUT2D eigenvalue weighted by Crippen LogP contribution is 2.19. The fourth-order valence-corrected chi connectivity index (χ4v) is 2.02. The van der Waals surface area contributed by atoms with Crippen LogP contribution in [0, 0.1) is 10.1 Å². The molecule has 0 atom stereocenters. The van der Waals surface area contributed by atoms with Gasteiger partial charge in [-0.3, -0.25) is 10.1 Å². The predicted molar refractivity (Wildman–Crippen MR) is 80.9 cm³/mol. The van der Waals surface area contributed by atoms with Crippen LogP contribution in [0.3, 0.4) is 0 Å². The third kappa shape index (κ3) is 3.68. The van der Waals surface area contributed by atoms with Crippen LogP contribution in [0.4, 0.5) is 11.5 Å². The van der Waals surface area contributed by atoms with Gasteiger partial charge in [0.2, 0.25) is 0 Å². The maximum Gasteiger partial charge on any atom is 0.287 e. The van der Waals surface area contributed by atoms with Gasteiger partial charge in [-0.15, -0.1) is 0 Å². The van der Waals surface area contributed by atoms with Crippen LogP contribution in [-0.2, 0) is 6.42 Å². The maximum atomic E-state index is 10.6. The van der Waals surface area contributed by atoms with Crippen LogP contribution in [0.15, 0.2) is 42.6 Å². The summed E-state index contributed by atoms with van der Waals surface area (Å²) in [6.07, 6.45) is 2.08. The van der Waals surface area contributed by atoms with Crippen molar-refractivity contribution in [2.75, 3.05) is 25.6 Å². The Hall–Kier alpha value is -2.63. The second kappa shape index (κ2) is 6.69. The van der Waals surface area contributed by atoms with Gasteiger partial charge in [-0.1, -0.05) is 18.2 Å². The van der Waals surface area contributed by atoms with Gasteiger partial charge in [0, 0.05) is 19.7 Å². The van der Waals surface area contributed by atoms with E-state index in [1.54, 1.807) is 13.2 Å². The van der Waals surface area contributed by atoms with Gasteiger partial charge in [0.05, 0.1) is 12.0 Å². The molecule has 6 nitrogen and oxygen atoms in total. The summed E-state index contributed by atoms with van der Waals surface area (Å²) in [6.45, 7) is 0.741. The van der Waals surface area contributed by atoms with E-state index in [0.717, 1.165) is 24.3 Å². The Morgan fingerprint density at radius 2 is 2.05 bits per heavy atom. The molecule has 0 bridgehead atoms. The van der Waals surface area contributed by atoms with E-state index >= 15 is 0 Å². The summed E-state index contributed by atoms with van der Waals surface area (Å²) in [6, 6.07) is 11.0. The van der Waals surface area contributed by atoms with E-state index in [1.807, 2.05) is 36.2 Å². The number of likely N-dealkylation sites (N-methyl/N-ethyl adjacent to an activating group) is 1. The van der Waals surface area contributed by atoms with Crippen LogP contribution in [0.1, 0.15) is 5.56 Å². The quantitative estimate of drug-likeness (QED) is 0.603. The van der Waals surface area contributed by atoms with Gasteiger partial charge >= 0.3 is 0 Å². The Morgan fingerprint density at radius 3 is 2.67 bits per heavy atom. The number of ether oxygens (including phenoxy) is 1. The Balaban J connectivity index is 2.01. The number of anilines is 1. The number of hydrogen-bond acceptors (Lipinski definition) is 5. The van der Waals surface area contributed by atoms with Crippen LogP contribution < -0.4 is 9.64 Å². The minimum atomic E-state index is -0.453. The molecule has 0 aliphatic heterocycles. The first-order valence-electron chi connectivity index (χ1n) is 6.55. The number of rotatable bonds is 6. The molecule has 21 heavy (non-hydrogen) atoms. The first kappa shape index (κ1) is 14.8. The molecular formula is C15H17N3O3. The molecule has 110 valence electrons. The Bertz CT molecular complexity index is 614. The first-order valence-corrected chi connectivity index (χ1v) is 6.55. The normalized spacial score (nSPS) is 10.2. The lowest BCUT2D eigenvalue weighted by molar-refractivity contribution is -0.385. The highest BCUT2D eigenvalue weighted by atomic mass is 16.6. The molecule has 0 saturated carbocycles. The van der Waals surface area contributed by atoms with Crippen molar-refractivity contribution in [1.29, 1.82) is 0 Å². The lowest BCUT2D eigenvalue weighted by atomic mass is 10.1. The van der Waals surface area contributed by atoms with E-state index in [1.165, 1.54) is 12.3 Å². The molecule has 1 heterocycles. The van der Waals surface area contributed by atoms with Gasteiger partial charge in [0.15, 0.2) is 0 Å². The first-order chi connectivity index (χ1) is 10.1. The summed E-state index contributed by atoms with van der Waals surface area (Å²) in [5.74, 6) is 1.57. The SMILES string of the molecule is COc1ccccc1CCN(C)c1ccc([N+](=O)[O-])cn1. The number of nitrogens with zero attached hydrogens (tertiary/aromatic N) is 3. The Labute approximate surface area is 123 Å². The van der Waals surface area contributed by atoms with Crippen LogP contribution >= 0.6 is 0 Å². The molecule has 6 heteroatoms. The van der Waals surface area contributed by atoms with Crippen molar-refractivity contribution in [3.05, 3.63) is 58.3 Å². The molecule has 0 fully saturated rings. The predicted octanol–water partition coefficient (Wildman–Crippen LogP) is 2.68. The fraction of sp³-hybridized carbons (Fsp3) is 0.267. The topological polar surface area (TPSA) is 68.5 Å². The van der Waals surface area contributed by atoms with Gasteiger partial charge in [0.25, 0.3) is 5.69 Å². The average Bonchev–Trinajstić information content (AvgIpc) is 2.52. The summed E-state index contributed by atoms with van der Waals surface area (Å²) >= 11 is 0. The second-order valence-corrected chi connectivity index (χ2v) is 4.62. The minimum Gasteiger partial charge on any atom is -0.496 e. The van der Waals surface area contributed by atoms with Crippen LogP contribution in [-0.4, -0.2) is 30.6 Å². The van der Waals surface area contributed by atoms with E-state index < -0.39 is 4.92 Å². The molecule has 1 aromatic carbocycles. The van der Waals surface area contributed by atoms with E-state index in [2.05, 4.69) is 4.98 Å². The number of hydrogen-bond donors (Lipinski definition) is 0. The monoisotopic (exact) mass is 287 g/mol. The number of pyridine rings is 1. The fourth-order valence-electron chi connectivity index (χ4n) is 2.02. The molecule has 0 aliphatic carbocycles. The van der Waals surface area contributed by atoms with Gasteiger partial charge in [-0.25, -0.2) is 4.98 Å². The lowest BCUT2D eigenvalue weighted by Gasteiger charge is -2.18. The van der Waals surface area contributed by atoms with Crippen LogP contribution in [0.5, 0.6) is 5.75 Å². The molecule has 2 aromatic rings. The number of aromatic nitrogens is 1. The third-order valence-electron chi connectivity index (χ3n) is 3.24. The van der Waals surface area contributed by atoms with Gasteiger partial charge in [0.1, 0.15) is 17.8 Å². The Kier molecular flexibility index (Phi) is 4.71. The summed E-state index contributed by atoms with van der Waals surface area (Å²) in [7, 11) is 3.56. The van der Waals surface area contributed by atoms with Crippen molar-refractivity contribution in [1.82, 2.24) is 4.98 Å². The molecule has 0 spiro atoms. The number of nitro groups is 1. The smallest absolute Gasteiger partial charge is 0.287 e. The molecule has 2 rings (SSSR count). The zero-order chi connectivity index (χ0) is 15.2. The van der Waals surface area contributed by atoms with E-state index in [4.69, 9.17) is 4.74 Å². The summed E-state index contributed by atoms with van der Waals surface area (Å²) < 4.78 is 5.32. The van der Waals surface area contributed by atoms with Gasteiger partial charge in [-0.05, 0) is 24.1 Å². The zero-order valence-electron chi connectivity index (χ0n) is 12.0. The third-order valence-corrected chi connectivity index (χ3v) is 3.24. The van der Waals surface area contributed by atoms with E-state index in [-0.39, 0.29) is 5.69 Å². The van der Waals surface area contributed by atoms with E-state index in [9.17, 15) is 10.1 Å². The van der Waals surface area contributed by atoms with Crippen molar-refractivity contribution in [3.8, 4) is 5.75 Å². The minimum absolute atomic E-state index is 0.00289. The molecule has 0 saturated heterocycles. The van der Waals surface area contributed by atoms with Crippen LogP contribution in [0.2, 0.25) is 0 Å². The molecule has 0 aliphatic rings. The number of methoxy groups -OCH3 is 1. The number of para-hydroxylation sites is 1. The molecular weight excluding hydrogens is 270 g/mol. The highest BCUT2D eigenvalue weighted by Gasteiger charge is 2.09. The molecule has 0 radical (unpaired) electrons. The molecule has 0 amide bonds. The highest BCUT2D eigenvalue weighted by molar-refractivity contribution is 5.43. The largest absolute Gasteiger partial charge is 0.496 e. The van der Waals surface area contributed by atoms with Crippen molar-refractivity contribution in [2.45, 2.75) is 6.42 Å². The van der Waals surface area contributed by atoms with Gasteiger partial charge < -0.3 is 9.64 Å². The van der Waals surface area contributed by atoms with Crippen LogP contribution in [0.25, 0.3) is 0 Å². The van der Waals surface area contributed by atoms with E-state index in [0.29, 0.717) is 5.82 Å². The van der Waals surface area contributed by atoms with Crippen molar-refractivity contribution in [3.63, 3.8) is 0 Å². The molecule has 1 aromatic heterocycles. The maximum absolute atomic E-state index is 10.6.